The number of rotatable bonds is 4. The van der Waals surface area contributed by atoms with Gasteiger partial charge in [0, 0.05) is 37.9 Å². The summed E-state index contributed by atoms with van der Waals surface area (Å²) in [7, 11) is 1.51. The summed E-state index contributed by atoms with van der Waals surface area (Å²) in [5, 5.41) is 3.57. The van der Waals surface area contributed by atoms with Crippen LogP contribution in [0.3, 0.4) is 0 Å². The number of carbonyl (C=O) groups is 2. The fourth-order valence-electron chi connectivity index (χ4n) is 3.26. The number of hydrogen-bond donors (Lipinski definition) is 2. The van der Waals surface area contributed by atoms with E-state index >= 15 is 0 Å². The molecule has 0 saturated carbocycles. The van der Waals surface area contributed by atoms with Crippen LogP contribution in [0.25, 0.3) is 0 Å². The molecule has 1 aliphatic heterocycles. The van der Waals surface area contributed by atoms with Crippen molar-refractivity contribution < 1.29 is 9.59 Å². The van der Waals surface area contributed by atoms with Gasteiger partial charge in [-0.2, -0.15) is 0 Å². The smallest absolute Gasteiger partial charge is 0.232 e. The van der Waals surface area contributed by atoms with Crippen molar-refractivity contribution >= 4 is 46.5 Å². The number of nitrogen functional groups attached to an aromatic ring is 1. The molecule has 1 aromatic carbocycles. The number of piperazine rings is 1. The van der Waals surface area contributed by atoms with Crippen LogP contribution >= 0.6 is 23.2 Å². The van der Waals surface area contributed by atoms with Crippen molar-refractivity contribution in [1.82, 2.24) is 15.2 Å². The number of nitrogens with two attached hydrogens (primary N) is 1. The lowest BCUT2D eigenvalue weighted by Crippen LogP contribution is -2.51. The second-order valence-corrected chi connectivity index (χ2v) is 7.39. The molecule has 0 radical (unpaired) electrons. The van der Waals surface area contributed by atoms with Gasteiger partial charge in [0.1, 0.15) is 6.42 Å². The Balaban J connectivity index is 1.91. The van der Waals surface area contributed by atoms with E-state index in [9.17, 15) is 9.59 Å². The number of anilines is 2. The summed E-state index contributed by atoms with van der Waals surface area (Å²) in [6.07, 6.45) is 1.38. The number of nitrogens with one attached hydrogen (secondary N) is 1. The van der Waals surface area contributed by atoms with Crippen molar-refractivity contribution in [3.63, 3.8) is 0 Å². The highest BCUT2D eigenvalue weighted by Gasteiger charge is 2.32. The van der Waals surface area contributed by atoms with Crippen LogP contribution in [0.5, 0.6) is 0 Å². The Kier molecular flexibility index (Phi) is 6.26. The zero-order valence-electron chi connectivity index (χ0n) is 15.4. The van der Waals surface area contributed by atoms with E-state index in [1.54, 1.807) is 29.3 Å². The molecule has 3 N–H and O–H groups in total. The molecular weight excluding hydrogens is 401 g/mol. The van der Waals surface area contributed by atoms with Crippen LogP contribution in [0.15, 0.2) is 36.5 Å². The third kappa shape index (κ3) is 4.48. The average molecular weight is 422 g/mol. The van der Waals surface area contributed by atoms with Crippen molar-refractivity contribution in [2.45, 2.75) is 12.5 Å². The summed E-state index contributed by atoms with van der Waals surface area (Å²) in [6, 6.07) is 8.91. The summed E-state index contributed by atoms with van der Waals surface area (Å²) in [5.74, 6) is 0.0943. The second kappa shape index (κ2) is 8.67. The highest BCUT2D eigenvalue weighted by molar-refractivity contribution is 6.31. The van der Waals surface area contributed by atoms with Crippen molar-refractivity contribution in [1.29, 1.82) is 0 Å². The summed E-state index contributed by atoms with van der Waals surface area (Å²) in [5.41, 5.74) is 7.59. The molecule has 2 aromatic rings. The quantitative estimate of drug-likeness (QED) is 0.739. The Hall–Kier alpha value is -2.51. The Bertz CT molecular complexity index is 875. The Morgan fingerprint density at radius 2 is 1.93 bits per heavy atom. The molecule has 1 saturated heterocycles. The minimum Gasteiger partial charge on any atom is -0.396 e. The molecular formula is C19H21Cl2N5O2. The van der Waals surface area contributed by atoms with Crippen LogP contribution in [0.4, 0.5) is 11.5 Å². The first-order valence-corrected chi connectivity index (χ1v) is 9.56. The van der Waals surface area contributed by atoms with E-state index in [1.807, 2.05) is 12.1 Å². The van der Waals surface area contributed by atoms with Crippen LogP contribution in [-0.2, 0) is 9.59 Å². The highest BCUT2D eigenvalue weighted by Crippen LogP contribution is 2.34. The van der Waals surface area contributed by atoms with Gasteiger partial charge in [-0.15, -0.1) is 0 Å². The number of amides is 2. The predicted molar refractivity (Wildman–Crippen MR) is 110 cm³/mol. The zero-order chi connectivity index (χ0) is 20.3. The van der Waals surface area contributed by atoms with Gasteiger partial charge in [0.25, 0.3) is 0 Å². The van der Waals surface area contributed by atoms with Crippen LogP contribution in [0.2, 0.25) is 10.0 Å². The van der Waals surface area contributed by atoms with E-state index in [2.05, 4.69) is 15.2 Å². The van der Waals surface area contributed by atoms with E-state index in [0.717, 1.165) is 5.56 Å². The van der Waals surface area contributed by atoms with Gasteiger partial charge >= 0.3 is 0 Å². The van der Waals surface area contributed by atoms with E-state index in [0.29, 0.717) is 41.2 Å². The molecule has 0 bridgehead atoms. The molecule has 1 fully saturated rings. The van der Waals surface area contributed by atoms with E-state index < -0.39 is 0 Å². The molecule has 0 spiro atoms. The standard InChI is InChI=1S/C19H21Cl2N5O2/c1-23-17(27)9-18(28)25-6-7-26(19-15(22)8-14(21)10-24-19)16(11-25)12-2-4-13(20)5-3-12/h2-5,8,10,16H,6-7,9,11,22H2,1H3,(H,23,27). The van der Waals surface area contributed by atoms with Crippen molar-refractivity contribution in [3.05, 3.63) is 52.1 Å². The largest absolute Gasteiger partial charge is 0.396 e. The number of carbonyl (C=O) groups excluding carboxylic acids is 2. The molecule has 28 heavy (non-hydrogen) atoms. The van der Waals surface area contributed by atoms with Crippen molar-refractivity contribution in [2.75, 3.05) is 37.3 Å². The normalized spacial score (nSPS) is 16.8. The SMILES string of the molecule is CNC(=O)CC(=O)N1CCN(c2ncc(Cl)cc2N)C(c2ccc(Cl)cc2)C1. The van der Waals surface area contributed by atoms with Gasteiger partial charge < -0.3 is 20.9 Å². The first kappa shape index (κ1) is 20.2. The Labute approximate surface area is 173 Å². The minimum atomic E-state index is -0.306. The number of benzene rings is 1. The maximum absolute atomic E-state index is 12.5. The summed E-state index contributed by atoms with van der Waals surface area (Å²) >= 11 is 12.0. The van der Waals surface area contributed by atoms with E-state index in [-0.39, 0.29) is 24.3 Å². The van der Waals surface area contributed by atoms with Gasteiger partial charge in [-0.05, 0) is 23.8 Å². The number of hydrogen-bond acceptors (Lipinski definition) is 5. The van der Waals surface area contributed by atoms with Crippen LogP contribution in [-0.4, -0.2) is 48.4 Å². The highest BCUT2D eigenvalue weighted by atomic mass is 35.5. The monoisotopic (exact) mass is 421 g/mol. The Morgan fingerprint density at radius 1 is 1.21 bits per heavy atom. The van der Waals surface area contributed by atoms with Crippen LogP contribution < -0.4 is 16.0 Å². The van der Waals surface area contributed by atoms with Crippen molar-refractivity contribution in [3.8, 4) is 0 Å². The van der Waals surface area contributed by atoms with Crippen molar-refractivity contribution in [2.24, 2.45) is 0 Å². The molecule has 2 heterocycles. The molecule has 1 aromatic heterocycles. The van der Waals surface area contributed by atoms with Crippen LogP contribution in [0.1, 0.15) is 18.0 Å². The number of halogens is 2. The van der Waals surface area contributed by atoms with Gasteiger partial charge in [0.2, 0.25) is 11.8 Å². The zero-order valence-corrected chi connectivity index (χ0v) is 16.9. The molecule has 0 aliphatic carbocycles. The average Bonchev–Trinajstić information content (AvgIpc) is 2.68. The molecule has 3 rings (SSSR count). The summed E-state index contributed by atoms with van der Waals surface area (Å²) < 4.78 is 0. The third-order valence-corrected chi connectivity index (χ3v) is 5.17. The first-order valence-electron chi connectivity index (χ1n) is 8.80. The number of aromatic nitrogens is 1. The lowest BCUT2D eigenvalue weighted by molar-refractivity contribution is -0.136. The summed E-state index contributed by atoms with van der Waals surface area (Å²) in [6.45, 7) is 1.39. The molecule has 1 atom stereocenters. The fourth-order valence-corrected chi connectivity index (χ4v) is 3.55. The van der Waals surface area contributed by atoms with Gasteiger partial charge in [-0.3, -0.25) is 9.59 Å². The maximum Gasteiger partial charge on any atom is 0.232 e. The van der Waals surface area contributed by atoms with Gasteiger partial charge in [0.15, 0.2) is 5.82 Å². The van der Waals surface area contributed by atoms with Crippen LogP contribution in [0, 0.1) is 0 Å². The van der Waals surface area contributed by atoms with E-state index in [1.165, 1.54) is 7.05 Å². The molecule has 1 aliphatic rings. The molecule has 1 unspecified atom stereocenters. The fraction of sp³-hybridized carbons (Fsp3) is 0.316. The topological polar surface area (TPSA) is 91.6 Å². The lowest BCUT2D eigenvalue weighted by atomic mass is 10.0. The van der Waals surface area contributed by atoms with Gasteiger partial charge in [-0.25, -0.2) is 4.98 Å². The number of nitrogens with zero attached hydrogens (tertiary/aromatic N) is 3. The molecule has 7 nitrogen and oxygen atoms in total. The van der Waals surface area contributed by atoms with E-state index in [4.69, 9.17) is 28.9 Å². The molecule has 2 amide bonds. The number of pyridine rings is 1. The van der Waals surface area contributed by atoms with Gasteiger partial charge in [-0.1, -0.05) is 35.3 Å². The lowest BCUT2D eigenvalue weighted by Gasteiger charge is -2.42. The van der Waals surface area contributed by atoms with Gasteiger partial charge in [0.05, 0.1) is 16.8 Å². The summed E-state index contributed by atoms with van der Waals surface area (Å²) in [4.78, 5) is 32.3. The molecule has 148 valence electrons. The second-order valence-electron chi connectivity index (χ2n) is 6.52. The third-order valence-electron chi connectivity index (χ3n) is 4.71. The molecule has 9 heteroatoms. The first-order chi connectivity index (χ1) is 13.4. The maximum atomic E-state index is 12.5. The Morgan fingerprint density at radius 3 is 2.57 bits per heavy atom. The predicted octanol–water partition coefficient (Wildman–Crippen LogP) is 2.50. The minimum absolute atomic E-state index is 0.175.